The molecule has 2 aromatic rings. The highest BCUT2D eigenvalue weighted by Gasteiger charge is 2.30. The van der Waals surface area contributed by atoms with Gasteiger partial charge in [-0.1, -0.05) is 17.8 Å². The Morgan fingerprint density at radius 2 is 2.16 bits per heavy atom. The number of hydrogen-bond acceptors (Lipinski definition) is 4. The Morgan fingerprint density at radius 3 is 3.05 bits per heavy atom. The van der Waals surface area contributed by atoms with Gasteiger partial charge in [-0.25, -0.2) is 0 Å². The van der Waals surface area contributed by atoms with E-state index < -0.39 is 0 Å². The van der Waals surface area contributed by atoms with Crippen LogP contribution in [0.3, 0.4) is 0 Å². The molecular weight excluding hydrogens is 272 g/mol. The fraction of sp³-hybridized carbons (Fsp3) is 0.267. The first-order valence-corrected chi connectivity index (χ1v) is 8.12. The quantitative estimate of drug-likeness (QED) is 0.776. The topological polar surface area (TPSA) is 15.6 Å². The van der Waals surface area contributed by atoms with Crippen LogP contribution in [0, 0.1) is 6.92 Å². The van der Waals surface area contributed by atoms with E-state index in [1.165, 1.54) is 37.0 Å². The van der Waals surface area contributed by atoms with E-state index in [1.807, 2.05) is 23.1 Å². The zero-order valence-corrected chi connectivity index (χ0v) is 12.6. The third-order valence-electron chi connectivity index (χ3n) is 3.69. The summed E-state index contributed by atoms with van der Waals surface area (Å²) >= 11 is 3.64. The van der Waals surface area contributed by atoms with Crippen molar-refractivity contribution in [2.24, 2.45) is 4.99 Å². The maximum atomic E-state index is 4.56. The summed E-state index contributed by atoms with van der Waals surface area (Å²) < 4.78 is 1.38. The predicted molar refractivity (Wildman–Crippen MR) is 85.8 cm³/mol. The van der Waals surface area contributed by atoms with E-state index in [4.69, 9.17) is 0 Å². The Morgan fingerprint density at radius 1 is 1.26 bits per heavy atom. The fourth-order valence-corrected chi connectivity index (χ4v) is 4.73. The number of nitrogens with zero attached hydrogens (tertiary/aromatic N) is 2. The normalized spacial score (nSPS) is 18.4. The van der Waals surface area contributed by atoms with Gasteiger partial charge in [-0.15, -0.1) is 11.3 Å². The molecule has 2 nitrogen and oxygen atoms in total. The highest BCUT2D eigenvalue weighted by atomic mass is 32.2. The first-order valence-electron chi connectivity index (χ1n) is 6.43. The average molecular weight is 286 g/mol. The lowest BCUT2D eigenvalue weighted by Crippen LogP contribution is -2.19. The van der Waals surface area contributed by atoms with Crippen LogP contribution in [0.5, 0.6) is 0 Å². The van der Waals surface area contributed by atoms with E-state index in [1.54, 1.807) is 0 Å². The standard InChI is InChI=1S/C15H14N2S2/c1-9-8-18-13-4-3-11(7-12(9)13)14-10(2)19-15-16-5-6-17(14)15/h3-4,7-8H,5-6H2,1-2H3. The molecule has 0 atom stereocenters. The number of benzene rings is 1. The van der Waals surface area contributed by atoms with Crippen LogP contribution < -0.4 is 0 Å². The summed E-state index contributed by atoms with van der Waals surface area (Å²) in [7, 11) is 0. The summed E-state index contributed by atoms with van der Waals surface area (Å²) in [5.74, 6) is 0. The average Bonchev–Trinajstić information content (AvgIpc) is 3.05. The highest BCUT2D eigenvalue weighted by Crippen LogP contribution is 2.42. The Bertz CT molecular complexity index is 740. The lowest BCUT2D eigenvalue weighted by atomic mass is 10.1. The van der Waals surface area contributed by atoms with E-state index >= 15 is 0 Å². The van der Waals surface area contributed by atoms with Crippen LogP contribution in [-0.2, 0) is 0 Å². The number of aryl methyl sites for hydroxylation is 1. The molecule has 1 aromatic carbocycles. The Labute approximate surface area is 120 Å². The predicted octanol–water partition coefficient (Wildman–Crippen LogP) is 4.32. The number of aliphatic imine (C=N–C) groups is 1. The summed E-state index contributed by atoms with van der Waals surface area (Å²) in [5, 5.41) is 4.80. The molecule has 0 saturated carbocycles. The molecule has 3 heterocycles. The zero-order valence-electron chi connectivity index (χ0n) is 10.9. The maximum absolute atomic E-state index is 4.56. The van der Waals surface area contributed by atoms with Crippen LogP contribution >= 0.6 is 23.1 Å². The molecule has 0 bridgehead atoms. The van der Waals surface area contributed by atoms with E-state index in [-0.39, 0.29) is 0 Å². The minimum atomic E-state index is 0.929. The SMILES string of the molecule is CC1=C(c2ccc3scc(C)c3c2)N2CCN=C2S1. The van der Waals surface area contributed by atoms with Crippen LogP contribution in [0.25, 0.3) is 15.8 Å². The molecule has 1 aromatic heterocycles. The second kappa shape index (κ2) is 4.12. The fourth-order valence-electron chi connectivity index (χ4n) is 2.76. The summed E-state index contributed by atoms with van der Waals surface area (Å²) in [6.07, 6.45) is 0. The van der Waals surface area contributed by atoms with Crippen molar-refractivity contribution < 1.29 is 0 Å². The number of thioether (sulfide) groups is 1. The first kappa shape index (κ1) is 11.6. The van der Waals surface area contributed by atoms with Gasteiger partial charge in [0.2, 0.25) is 0 Å². The number of hydrogen-bond donors (Lipinski definition) is 0. The van der Waals surface area contributed by atoms with E-state index in [9.17, 15) is 0 Å². The molecule has 0 aliphatic carbocycles. The monoisotopic (exact) mass is 286 g/mol. The molecule has 4 rings (SSSR count). The van der Waals surface area contributed by atoms with Crippen molar-refractivity contribution in [3.05, 3.63) is 39.6 Å². The lowest BCUT2D eigenvalue weighted by molar-refractivity contribution is 0.648. The van der Waals surface area contributed by atoms with Crippen molar-refractivity contribution in [3.63, 3.8) is 0 Å². The van der Waals surface area contributed by atoms with Gasteiger partial charge in [0.1, 0.15) is 0 Å². The number of amidine groups is 1. The molecule has 2 aliphatic heterocycles. The van der Waals surface area contributed by atoms with Gasteiger partial charge in [-0.2, -0.15) is 0 Å². The second-order valence-electron chi connectivity index (χ2n) is 4.95. The van der Waals surface area contributed by atoms with E-state index in [2.05, 4.69) is 47.3 Å². The number of thiophene rings is 1. The summed E-state index contributed by atoms with van der Waals surface area (Å²) in [5.41, 5.74) is 4.06. The van der Waals surface area contributed by atoms with Gasteiger partial charge in [-0.3, -0.25) is 4.99 Å². The van der Waals surface area contributed by atoms with E-state index in [0.29, 0.717) is 0 Å². The van der Waals surface area contributed by atoms with Gasteiger partial charge in [-0.05, 0) is 47.9 Å². The van der Waals surface area contributed by atoms with Crippen molar-refractivity contribution >= 4 is 44.0 Å². The molecule has 19 heavy (non-hydrogen) atoms. The Balaban J connectivity index is 1.88. The van der Waals surface area contributed by atoms with Crippen molar-refractivity contribution in [2.75, 3.05) is 13.1 Å². The van der Waals surface area contributed by atoms with Gasteiger partial charge in [0, 0.05) is 16.1 Å². The molecule has 2 aliphatic rings. The van der Waals surface area contributed by atoms with Gasteiger partial charge < -0.3 is 4.90 Å². The highest BCUT2D eigenvalue weighted by molar-refractivity contribution is 8.17. The number of fused-ring (bicyclic) bond motifs is 2. The minimum Gasteiger partial charge on any atom is -0.318 e. The molecular formula is C15H14N2S2. The third kappa shape index (κ3) is 1.66. The van der Waals surface area contributed by atoms with E-state index in [0.717, 1.165) is 13.1 Å². The lowest BCUT2D eigenvalue weighted by Gasteiger charge is -2.17. The molecule has 0 saturated heterocycles. The van der Waals surface area contributed by atoms with Gasteiger partial charge in [0.15, 0.2) is 5.17 Å². The first-order chi connectivity index (χ1) is 9.24. The van der Waals surface area contributed by atoms with Crippen molar-refractivity contribution in [3.8, 4) is 0 Å². The molecule has 4 heteroatoms. The van der Waals surface area contributed by atoms with Crippen molar-refractivity contribution in [2.45, 2.75) is 13.8 Å². The smallest absolute Gasteiger partial charge is 0.168 e. The molecule has 0 fully saturated rings. The summed E-state index contributed by atoms with van der Waals surface area (Å²) in [6, 6.07) is 6.83. The van der Waals surface area contributed by atoms with Crippen LogP contribution in [0.2, 0.25) is 0 Å². The molecule has 0 amide bonds. The molecule has 0 N–H and O–H groups in total. The van der Waals surface area contributed by atoms with Gasteiger partial charge in [0.05, 0.1) is 12.2 Å². The van der Waals surface area contributed by atoms with Gasteiger partial charge >= 0.3 is 0 Å². The number of rotatable bonds is 1. The van der Waals surface area contributed by atoms with Crippen LogP contribution in [0.15, 0.2) is 33.5 Å². The Hall–Kier alpha value is -1.26. The minimum absolute atomic E-state index is 0.929. The largest absolute Gasteiger partial charge is 0.318 e. The zero-order chi connectivity index (χ0) is 13.0. The molecule has 0 spiro atoms. The van der Waals surface area contributed by atoms with Crippen LogP contribution in [0.1, 0.15) is 18.1 Å². The van der Waals surface area contributed by atoms with Gasteiger partial charge in [0.25, 0.3) is 0 Å². The number of allylic oxidation sites excluding steroid dienone is 1. The Kier molecular flexibility index (Phi) is 2.50. The third-order valence-corrected chi connectivity index (χ3v) is 5.80. The molecule has 96 valence electrons. The van der Waals surface area contributed by atoms with Crippen LogP contribution in [-0.4, -0.2) is 23.2 Å². The van der Waals surface area contributed by atoms with Crippen LogP contribution in [0.4, 0.5) is 0 Å². The molecule has 0 unspecified atom stereocenters. The molecule has 0 radical (unpaired) electrons. The van der Waals surface area contributed by atoms with Crippen molar-refractivity contribution in [1.29, 1.82) is 0 Å². The summed E-state index contributed by atoms with van der Waals surface area (Å²) in [6.45, 7) is 6.34. The van der Waals surface area contributed by atoms with Crippen molar-refractivity contribution in [1.82, 2.24) is 4.90 Å². The summed E-state index contributed by atoms with van der Waals surface area (Å²) in [4.78, 5) is 8.29. The maximum Gasteiger partial charge on any atom is 0.168 e. The second-order valence-corrected chi connectivity index (χ2v) is 7.05.